The summed E-state index contributed by atoms with van der Waals surface area (Å²) in [5, 5.41) is 0.0295. The molecule has 2 aliphatic rings. The summed E-state index contributed by atoms with van der Waals surface area (Å²) in [7, 11) is 3.07. The van der Waals surface area contributed by atoms with E-state index in [9.17, 15) is 9.59 Å². The summed E-state index contributed by atoms with van der Waals surface area (Å²) in [6, 6.07) is 3.07. The molecule has 1 atom stereocenters. The number of methoxy groups -OCH3 is 2. The molecular weight excluding hydrogens is 278 g/mol. The molecule has 20 heavy (non-hydrogen) atoms. The van der Waals surface area contributed by atoms with E-state index in [-0.39, 0.29) is 17.1 Å². The Morgan fingerprint density at radius 1 is 1.20 bits per heavy atom. The average Bonchev–Trinajstić information content (AvgIpc) is 2.92. The highest BCUT2D eigenvalue weighted by Gasteiger charge is 2.39. The fourth-order valence-corrected chi connectivity index (χ4v) is 3.72. The fraction of sp³-hybridized carbons (Fsp3) is 0.429. The van der Waals surface area contributed by atoms with E-state index in [1.165, 1.54) is 14.2 Å². The smallest absolute Gasteiger partial charge is 0.255 e. The number of rotatable bonds is 2. The number of hydrogen-bond acceptors (Lipinski definition) is 5. The molecule has 2 heterocycles. The predicted octanol–water partition coefficient (Wildman–Crippen LogP) is 1.94. The van der Waals surface area contributed by atoms with Crippen LogP contribution in [0.3, 0.4) is 0 Å². The molecule has 0 aliphatic carbocycles. The first-order valence-corrected chi connectivity index (χ1v) is 7.26. The zero-order valence-corrected chi connectivity index (χ0v) is 12.2. The van der Waals surface area contributed by atoms with Crippen LogP contribution < -0.4 is 9.47 Å². The van der Waals surface area contributed by atoms with Crippen molar-refractivity contribution in [1.29, 1.82) is 0 Å². The Bertz CT molecular complexity index is 587. The first-order valence-electron chi connectivity index (χ1n) is 6.44. The number of nitrogens with zero attached hydrogens (tertiary/aromatic N) is 1. The lowest BCUT2D eigenvalue weighted by Crippen LogP contribution is -2.37. The van der Waals surface area contributed by atoms with Crippen molar-refractivity contribution in [2.24, 2.45) is 0 Å². The van der Waals surface area contributed by atoms with Crippen LogP contribution in [-0.2, 0) is 4.79 Å². The number of hydrogen-bond donors (Lipinski definition) is 0. The molecule has 3 rings (SSSR count). The minimum absolute atomic E-state index is 0.0295. The molecule has 0 spiro atoms. The quantitative estimate of drug-likeness (QED) is 0.834. The summed E-state index contributed by atoms with van der Waals surface area (Å²) in [6.07, 6.45) is 1.63. The van der Waals surface area contributed by atoms with Crippen molar-refractivity contribution >= 4 is 22.8 Å². The van der Waals surface area contributed by atoms with Crippen LogP contribution in [0.2, 0.25) is 0 Å². The van der Waals surface area contributed by atoms with E-state index in [1.54, 1.807) is 17.0 Å². The Labute approximate surface area is 121 Å². The normalized spacial score (nSPS) is 21.3. The third-order valence-electron chi connectivity index (χ3n) is 3.71. The zero-order valence-electron chi connectivity index (χ0n) is 11.3. The van der Waals surface area contributed by atoms with Crippen molar-refractivity contribution in [2.75, 3.05) is 20.8 Å². The van der Waals surface area contributed by atoms with Crippen molar-refractivity contribution in [2.45, 2.75) is 23.8 Å². The molecule has 6 heteroatoms. The fourth-order valence-electron chi connectivity index (χ4n) is 2.70. The van der Waals surface area contributed by atoms with E-state index < -0.39 is 0 Å². The molecule has 0 saturated carbocycles. The number of carbonyl (C=O) groups excluding carboxylic acids is 2. The summed E-state index contributed by atoms with van der Waals surface area (Å²) >= 11 is 1.12. The van der Waals surface area contributed by atoms with Crippen LogP contribution in [0.4, 0.5) is 0 Å². The van der Waals surface area contributed by atoms with Gasteiger partial charge in [0.05, 0.1) is 19.8 Å². The SMILES string of the molecule is COc1cc2c(cc1OC)C(=O)N1CCCC1C(=O)S2. The van der Waals surface area contributed by atoms with Crippen molar-refractivity contribution in [1.82, 2.24) is 4.90 Å². The lowest BCUT2D eigenvalue weighted by atomic mass is 10.1. The number of fused-ring (bicyclic) bond motifs is 2. The van der Waals surface area contributed by atoms with E-state index in [1.807, 2.05) is 0 Å². The van der Waals surface area contributed by atoms with Gasteiger partial charge in [-0.3, -0.25) is 9.59 Å². The average molecular weight is 293 g/mol. The van der Waals surface area contributed by atoms with Crippen LogP contribution in [0.15, 0.2) is 17.0 Å². The van der Waals surface area contributed by atoms with Gasteiger partial charge >= 0.3 is 0 Å². The van der Waals surface area contributed by atoms with E-state index >= 15 is 0 Å². The van der Waals surface area contributed by atoms with E-state index in [4.69, 9.17) is 9.47 Å². The van der Waals surface area contributed by atoms with Crippen LogP contribution in [0, 0.1) is 0 Å². The van der Waals surface area contributed by atoms with Gasteiger partial charge < -0.3 is 14.4 Å². The lowest BCUT2D eigenvalue weighted by Gasteiger charge is -2.20. The maximum absolute atomic E-state index is 12.6. The van der Waals surface area contributed by atoms with Gasteiger partial charge in [-0.15, -0.1) is 0 Å². The van der Waals surface area contributed by atoms with Crippen LogP contribution in [-0.4, -0.2) is 42.7 Å². The van der Waals surface area contributed by atoms with Gasteiger partial charge in [-0.1, -0.05) is 0 Å². The first kappa shape index (κ1) is 13.3. The topological polar surface area (TPSA) is 55.8 Å². The molecule has 106 valence electrons. The highest BCUT2D eigenvalue weighted by Crippen LogP contribution is 2.40. The Morgan fingerprint density at radius 2 is 1.90 bits per heavy atom. The molecule has 0 aromatic heterocycles. The van der Waals surface area contributed by atoms with E-state index in [0.29, 0.717) is 28.5 Å². The molecular formula is C14H15NO4S. The predicted molar refractivity (Wildman–Crippen MR) is 74.5 cm³/mol. The number of thioether (sulfide) groups is 1. The molecule has 1 saturated heterocycles. The minimum Gasteiger partial charge on any atom is -0.493 e. The van der Waals surface area contributed by atoms with Crippen molar-refractivity contribution in [3.8, 4) is 11.5 Å². The Kier molecular flexibility index (Phi) is 3.33. The minimum atomic E-state index is -0.295. The van der Waals surface area contributed by atoms with Crippen LogP contribution in [0.5, 0.6) is 11.5 Å². The highest BCUT2D eigenvalue weighted by atomic mass is 32.2. The molecule has 0 radical (unpaired) electrons. The Balaban J connectivity index is 2.12. The molecule has 1 aromatic carbocycles. The summed E-state index contributed by atoms with van der Waals surface area (Å²) < 4.78 is 10.5. The summed E-state index contributed by atoms with van der Waals surface area (Å²) in [5.41, 5.74) is 0.519. The molecule has 0 bridgehead atoms. The molecule has 1 fully saturated rings. The van der Waals surface area contributed by atoms with Gasteiger partial charge in [0.2, 0.25) is 5.12 Å². The molecule has 1 amide bonds. The van der Waals surface area contributed by atoms with Gasteiger partial charge in [-0.25, -0.2) is 0 Å². The van der Waals surface area contributed by atoms with Gasteiger partial charge in [0, 0.05) is 11.4 Å². The van der Waals surface area contributed by atoms with Gasteiger partial charge in [0.15, 0.2) is 11.5 Å². The third-order valence-corrected chi connectivity index (χ3v) is 4.74. The Hall–Kier alpha value is -1.69. The van der Waals surface area contributed by atoms with Crippen LogP contribution >= 0.6 is 11.8 Å². The van der Waals surface area contributed by atoms with E-state index in [2.05, 4.69) is 0 Å². The maximum atomic E-state index is 12.6. The van der Waals surface area contributed by atoms with Gasteiger partial charge in [0.1, 0.15) is 6.04 Å². The monoisotopic (exact) mass is 293 g/mol. The van der Waals surface area contributed by atoms with Crippen molar-refractivity contribution in [3.05, 3.63) is 17.7 Å². The lowest BCUT2D eigenvalue weighted by molar-refractivity contribution is -0.114. The summed E-state index contributed by atoms with van der Waals surface area (Å²) in [4.78, 5) is 27.2. The van der Waals surface area contributed by atoms with Crippen LogP contribution in [0.1, 0.15) is 23.2 Å². The molecule has 1 aromatic rings. The maximum Gasteiger partial charge on any atom is 0.255 e. The molecule has 5 nitrogen and oxygen atoms in total. The van der Waals surface area contributed by atoms with Gasteiger partial charge in [-0.05, 0) is 36.7 Å². The van der Waals surface area contributed by atoms with Crippen molar-refractivity contribution in [3.63, 3.8) is 0 Å². The zero-order chi connectivity index (χ0) is 14.3. The molecule has 0 N–H and O–H groups in total. The van der Waals surface area contributed by atoms with Gasteiger partial charge in [0.25, 0.3) is 5.91 Å². The van der Waals surface area contributed by atoms with Gasteiger partial charge in [-0.2, -0.15) is 0 Å². The molecule has 2 aliphatic heterocycles. The summed E-state index contributed by atoms with van der Waals surface area (Å²) in [5.74, 6) is 0.938. The second-order valence-electron chi connectivity index (χ2n) is 4.78. The number of benzene rings is 1. The largest absolute Gasteiger partial charge is 0.493 e. The number of carbonyl (C=O) groups is 2. The van der Waals surface area contributed by atoms with E-state index in [0.717, 1.165) is 24.6 Å². The van der Waals surface area contributed by atoms with Crippen LogP contribution in [0.25, 0.3) is 0 Å². The molecule has 1 unspecified atom stereocenters. The third kappa shape index (κ3) is 1.95. The van der Waals surface area contributed by atoms with Crippen molar-refractivity contribution < 1.29 is 19.1 Å². The highest BCUT2D eigenvalue weighted by molar-refractivity contribution is 8.13. The second kappa shape index (κ2) is 5.01. The number of ether oxygens (including phenoxy) is 2. The second-order valence-corrected chi connectivity index (χ2v) is 5.83. The first-order chi connectivity index (χ1) is 9.65. The Morgan fingerprint density at radius 3 is 2.60 bits per heavy atom. The summed E-state index contributed by atoms with van der Waals surface area (Å²) in [6.45, 7) is 0.642. The standard InChI is InChI=1S/C14H15NO4S/c1-18-10-6-8-12(7-11(10)19-2)20-14(17)9-4-3-5-15(9)13(8)16/h6-7,9H,3-5H2,1-2H3. The number of amides is 1.